The maximum atomic E-state index is 10.4. The van der Waals surface area contributed by atoms with Crippen molar-refractivity contribution in [3.05, 3.63) is 0 Å². The molecule has 2 N–H and O–H groups in total. The van der Waals surface area contributed by atoms with Crippen LogP contribution < -0.4 is 0 Å². The van der Waals surface area contributed by atoms with Crippen LogP contribution in [0.4, 0.5) is 0 Å². The number of carbonyl (C=O) groups is 2. The van der Waals surface area contributed by atoms with Crippen molar-refractivity contribution in [2.45, 2.75) is 79.1 Å². The Balaban J connectivity index is -0.000000295. The predicted molar refractivity (Wildman–Crippen MR) is 87.6 cm³/mol. The van der Waals surface area contributed by atoms with Crippen molar-refractivity contribution < 1.29 is 19.8 Å². The third-order valence-electron chi connectivity index (χ3n) is 3.50. The van der Waals surface area contributed by atoms with Gasteiger partial charge < -0.3 is 10.2 Å². The number of carboxylic acids is 2. The van der Waals surface area contributed by atoms with E-state index in [0.29, 0.717) is 0 Å². The molecule has 0 saturated heterocycles. The average Bonchev–Trinajstić information content (AvgIpc) is 2.40. The first-order valence-electron chi connectivity index (χ1n) is 7.89. The zero-order chi connectivity index (χ0) is 16.0. The fourth-order valence-electron chi connectivity index (χ4n) is 1.91. The molecule has 2 atom stereocenters. The average molecular weight is 315 g/mol. The van der Waals surface area contributed by atoms with Gasteiger partial charge in [0.25, 0.3) is 0 Å². The first kappa shape index (κ1) is 25.4. The van der Waals surface area contributed by atoms with Gasteiger partial charge in [-0.25, -0.2) is 0 Å². The Labute approximate surface area is 140 Å². The van der Waals surface area contributed by atoms with E-state index >= 15 is 0 Å². The molecule has 0 fully saturated rings. The monoisotopic (exact) mass is 315 g/mol. The summed E-state index contributed by atoms with van der Waals surface area (Å²) in [6, 6.07) is 0. The molecule has 0 heterocycles. The Bertz CT molecular complexity index is 231. The third kappa shape index (κ3) is 15.7. The number of rotatable bonds is 10. The van der Waals surface area contributed by atoms with Crippen molar-refractivity contribution in [3.8, 4) is 0 Å². The molecule has 0 spiro atoms. The number of aliphatic carboxylic acids is 2. The second kappa shape index (κ2) is 17.5. The fraction of sp³-hybridized carbons (Fsp3) is 0.875. The highest BCUT2D eigenvalue weighted by Crippen LogP contribution is 2.12. The molecule has 0 amide bonds. The summed E-state index contributed by atoms with van der Waals surface area (Å²) in [6.45, 7) is 8.01. The summed E-state index contributed by atoms with van der Waals surface area (Å²) >= 11 is 0. The van der Waals surface area contributed by atoms with Gasteiger partial charge in [0.1, 0.15) is 0 Å². The highest BCUT2D eigenvalue weighted by atomic mass is 27.0. The molecule has 0 rings (SSSR count). The Morgan fingerprint density at radius 3 is 1.19 bits per heavy atom. The van der Waals surface area contributed by atoms with Gasteiger partial charge >= 0.3 is 11.9 Å². The van der Waals surface area contributed by atoms with Crippen LogP contribution in [0.1, 0.15) is 79.1 Å². The lowest BCUT2D eigenvalue weighted by Gasteiger charge is -2.06. The van der Waals surface area contributed by atoms with E-state index in [9.17, 15) is 9.59 Å². The normalized spacial score (nSPS) is 12.4. The largest absolute Gasteiger partial charge is 0.481 e. The van der Waals surface area contributed by atoms with Gasteiger partial charge in [-0.05, 0) is 25.7 Å². The lowest BCUT2D eigenvalue weighted by Crippen LogP contribution is -2.11. The zero-order valence-corrected chi connectivity index (χ0v) is 15.3. The van der Waals surface area contributed by atoms with E-state index in [2.05, 4.69) is 13.8 Å². The quantitative estimate of drug-likeness (QED) is 0.593. The summed E-state index contributed by atoms with van der Waals surface area (Å²) < 4.78 is 0. The Morgan fingerprint density at radius 2 is 1.05 bits per heavy atom. The van der Waals surface area contributed by atoms with Gasteiger partial charge in [-0.3, -0.25) is 9.59 Å². The van der Waals surface area contributed by atoms with Gasteiger partial charge in [-0.2, -0.15) is 0 Å². The Hall–Kier alpha value is -0.528. The minimum atomic E-state index is -0.643. The van der Waals surface area contributed by atoms with Crippen LogP contribution in [0, 0.1) is 11.8 Å². The molecule has 3 radical (unpaired) electrons. The highest BCUT2D eigenvalue weighted by Gasteiger charge is 2.13. The lowest BCUT2D eigenvalue weighted by atomic mass is 10.00. The summed E-state index contributed by atoms with van der Waals surface area (Å²) in [5.74, 6) is -1.51. The van der Waals surface area contributed by atoms with E-state index in [1.54, 1.807) is 0 Å². The van der Waals surface area contributed by atoms with Gasteiger partial charge in [-0.15, -0.1) is 0 Å². The molecule has 0 bridgehead atoms. The van der Waals surface area contributed by atoms with Gasteiger partial charge in [0, 0.05) is 17.4 Å². The van der Waals surface area contributed by atoms with Crippen LogP contribution in [0.3, 0.4) is 0 Å². The van der Waals surface area contributed by atoms with Gasteiger partial charge in [0.2, 0.25) is 0 Å². The van der Waals surface area contributed by atoms with Crippen molar-refractivity contribution in [2.24, 2.45) is 11.8 Å². The lowest BCUT2D eigenvalue weighted by molar-refractivity contribution is -0.143. The molecule has 0 aromatic rings. The fourth-order valence-corrected chi connectivity index (χ4v) is 1.91. The summed E-state index contributed by atoms with van der Waals surface area (Å²) in [6.07, 6.45) is 7.43. The molecule has 2 unspecified atom stereocenters. The first-order valence-corrected chi connectivity index (χ1v) is 7.89. The number of carboxylic acid groups (broad SMARTS) is 2. The van der Waals surface area contributed by atoms with E-state index in [1.165, 1.54) is 0 Å². The molecule has 0 aliphatic carbocycles. The molecule has 123 valence electrons. The standard InChI is InChI=1S/2C8H16O2.Al/c2*1-3-5-6-7(4-2)8(9)10;/h2*7H,3-6H2,1-2H3,(H,9,10);. The molecule has 21 heavy (non-hydrogen) atoms. The van der Waals surface area contributed by atoms with Crippen molar-refractivity contribution in [1.29, 1.82) is 0 Å². The van der Waals surface area contributed by atoms with Crippen LogP contribution in [0.2, 0.25) is 0 Å². The first-order chi connectivity index (χ1) is 9.44. The van der Waals surface area contributed by atoms with E-state index in [0.717, 1.165) is 51.4 Å². The number of hydrogen-bond donors (Lipinski definition) is 2. The predicted octanol–water partition coefficient (Wildman–Crippen LogP) is 4.19. The Morgan fingerprint density at radius 1 is 0.762 bits per heavy atom. The molecule has 5 heteroatoms. The topological polar surface area (TPSA) is 74.6 Å². The minimum absolute atomic E-state index is 0. The van der Waals surface area contributed by atoms with E-state index in [1.807, 2.05) is 13.8 Å². The van der Waals surface area contributed by atoms with Crippen LogP contribution in [0.25, 0.3) is 0 Å². The van der Waals surface area contributed by atoms with Crippen LogP contribution >= 0.6 is 0 Å². The molecular formula is C16H32AlO4. The van der Waals surface area contributed by atoms with Crippen LogP contribution in [0.5, 0.6) is 0 Å². The van der Waals surface area contributed by atoms with Gasteiger partial charge in [0.15, 0.2) is 0 Å². The minimum Gasteiger partial charge on any atom is -0.481 e. The molecule has 0 aromatic carbocycles. The maximum absolute atomic E-state index is 10.4. The molecule has 0 saturated carbocycles. The van der Waals surface area contributed by atoms with Crippen molar-refractivity contribution >= 4 is 29.3 Å². The molecule has 0 aliphatic rings. The van der Waals surface area contributed by atoms with E-state index < -0.39 is 11.9 Å². The molecular weight excluding hydrogens is 283 g/mol. The Kier molecular flexibility index (Phi) is 21.2. The molecule has 0 aliphatic heterocycles. The van der Waals surface area contributed by atoms with Crippen molar-refractivity contribution in [2.75, 3.05) is 0 Å². The van der Waals surface area contributed by atoms with E-state index in [-0.39, 0.29) is 29.2 Å². The maximum Gasteiger partial charge on any atom is 0.306 e. The second-order valence-corrected chi connectivity index (χ2v) is 5.17. The van der Waals surface area contributed by atoms with E-state index in [4.69, 9.17) is 10.2 Å². The van der Waals surface area contributed by atoms with Crippen LogP contribution in [0.15, 0.2) is 0 Å². The summed E-state index contributed by atoms with van der Waals surface area (Å²) in [5, 5.41) is 17.2. The smallest absolute Gasteiger partial charge is 0.306 e. The SMILES string of the molecule is CCCCC(CC)C(=O)O.CCCCC(CC)C(=O)O.[Al]. The third-order valence-corrected chi connectivity index (χ3v) is 3.50. The zero-order valence-electron chi connectivity index (χ0n) is 14.1. The summed E-state index contributed by atoms with van der Waals surface area (Å²) in [7, 11) is 0. The van der Waals surface area contributed by atoms with Crippen molar-refractivity contribution in [1.82, 2.24) is 0 Å². The van der Waals surface area contributed by atoms with Gasteiger partial charge in [-0.1, -0.05) is 53.4 Å². The highest BCUT2D eigenvalue weighted by molar-refractivity contribution is 5.75. The molecule has 4 nitrogen and oxygen atoms in total. The van der Waals surface area contributed by atoms with Crippen LogP contribution in [-0.4, -0.2) is 39.5 Å². The van der Waals surface area contributed by atoms with Crippen molar-refractivity contribution in [3.63, 3.8) is 0 Å². The molecule has 0 aromatic heterocycles. The summed E-state index contributed by atoms with van der Waals surface area (Å²) in [5.41, 5.74) is 0. The van der Waals surface area contributed by atoms with Gasteiger partial charge in [0.05, 0.1) is 11.8 Å². The second-order valence-electron chi connectivity index (χ2n) is 5.17. The number of hydrogen-bond acceptors (Lipinski definition) is 2. The van der Waals surface area contributed by atoms with Crippen LogP contribution in [-0.2, 0) is 9.59 Å². The summed E-state index contributed by atoms with van der Waals surface area (Å²) in [4.78, 5) is 20.9. The number of unbranched alkanes of at least 4 members (excludes halogenated alkanes) is 2.